The number of fused-ring (bicyclic) bond motifs is 3. The number of phenolic OH excluding ortho intramolecular Hbond substituents is 1. The van der Waals surface area contributed by atoms with Crippen LogP contribution in [0.3, 0.4) is 0 Å². The lowest BCUT2D eigenvalue weighted by Crippen LogP contribution is -1.97. The van der Waals surface area contributed by atoms with Crippen LogP contribution in [0.2, 0.25) is 0 Å². The van der Waals surface area contributed by atoms with E-state index in [0.717, 1.165) is 44.7 Å². The van der Waals surface area contributed by atoms with E-state index in [4.69, 9.17) is 4.98 Å². The van der Waals surface area contributed by atoms with Gasteiger partial charge in [-0.15, -0.1) is 0 Å². The molecule has 4 rings (SSSR count). The Morgan fingerprint density at radius 3 is 2.33 bits per heavy atom. The van der Waals surface area contributed by atoms with Gasteiger partial charge in [0.25, 0.3) is 0 Å². The number of pyridine rings is 1. The first-order chi connectivity index (χ1) is 11.6. The molecule has 0 unspecified atom stereocenters. The summed E-state index contributed by atoms with van der Waals surface area (Å²) in [5, 5.41) is 13.8. The number of rotatable bonds is 2. The summed E-state index contributed by atoms with van der Waals surface area (Å²) >= 11 is 0. The number of hydrogen-bond donors (Lipinski definition) is 2. The number of nitrogens with zero attached hydrogens (tertiary/aromatic N) is 3. The average Bonchev–Trinajstić information content (AvgIpc) is 2.58. The van der Waals surface area contributed by atoms with Gasteiger partial charge in [0.05, 0.1) is 33.5 Å². The zero-order valence-electron chi connectivity index (χ0n) is 13.4. The molecule has 118 valence electrons. The Hall–Kier alpha value is -3.21. The van der Waals surface area contributed by atoms with E-state index < -0.39 is 0 Å². The number of phenols is 1. The van der Waals surface area contributed by atoms with Crippen molar-refractivity contribution in [2.45, 2.75) is 13.8 Å². The van der Waals surface area contributed by atoms with Crippen molar-refractivity contribution in [2.75, 3.05) is 5.32 Å². The minimum absolute atomic E-state index is 0.238. The highest BCUT2D eigenvalue weighted by molar-refractivity contribution is 6.09. The first-order valence-corrected chi connectivity index (χ1v) is 7.70. The average molecular weight is 316 g/mol. The Morgan fingerprint density at radius 2 is 1.54 bits per heavy atom. The molecule has 4 aromatic rings. The third kappa shape index (κ3) is 2.40. The van der Waals surface area contributed by atoms with Crippen LogP contribution in [0.15, 0.2) is 48.7 Å². The Balaban J connectivity index is 1.96. The van der Waals surface area contributed by atoms with Crippen molar-refractivity contribution < 1.29 is 5.11 Å². The van der Waals surface area contributed by atoms with E-state index >= 15 is 0 Å². The first kappa shape index (κ1) is 14.4. The predicted molar refractivity (Wildman–Crippen MR) is 95.7 cm³/mol. The highest BCUT2D eigenvalue weighted by Crippen LogP contribution is 2.31. The second-order valence-electron chi connectivity index (χ2n) is 5.75. The monoisotopic (exact) mass is 316 g/mol. The van der Waals surface area contributed by atoms with Crippen molar-refractivity contribution in [1.82, 2.24) is 15.0 Å². The molecule has 0 bridgehead atoms. The second-order valence-corrected chi connectivity index (χ2v) is 5.75. The molecule has 0 saturated carbocycles. The highest BCUT2D eigenvalue weighted by atomic mass is 16.3. The van der Waals surface area contributed by atoms with Crippen LogP contribution in [-0.4, -0.2) is 20.1 Å². The van der Waals surface area contributed by atoms with Crippen molar-refractivity contribution in [2.24, 2.45) is 0 Å². The van der Waals surface area contributed by atoms with Gasteiger partial charge in [0.15, 0.2) is 0 Å². The zero-order chi connectivity index (χ0) is 16.7. The lowest BCUT2D eigenvalue weighted by Gasteiger charge is -2.12. The van der Waals surface area contributed by atoms with Gasteiger partial charge in [0, 0.05) is 11.9 Å². The predicted octanol–water partition coefficient (Wildman–Crippen LogP) is 4.24. The van der Waals surface area contributed by atoms with E-state index in [0.29, 0.717) is 0 Å². The zero-order valence-corrected chi connectivity index (χ0v) is 13.4. The fourth-order valence-electron chi connectivity index (χ4n) is 2.74. The summed E-state index contributed by atoms with van der Waals surface area (Å²) < 4.78 is 0. The van der Waals surface area contributed by atoms with Crippen LogP contribution in [0.1, 0.15) is 11.4 Å². The van der Waals surface area contributed by atoms with Gasteiger partial charge in [0.1, 0.15) is 11.3 Å². The van der Waals surface area contributed by atoms with Crippen LogP contribution in [0, 0.1) is 13.8 Å². The smallest absolute Gasteiger partial charge is 0.115 e. The molecule has 2 aromatic heterocycles. The van der Waals surface area contributed by atoms with Gasteiger partial charge in [-0.25, -0.2) is 9.97 Å². The van der Waals surface area contributed by atoms with E-state index in [-0.39, 0.29) is 5.75 Å². The number of anilines is 2. The van der Waals surface area contributed by atoms with E-state index in [1.54, 1.807) is 18.3 Å². The number of hydrogen-bond acceptors (Lipinski definition) is 5. The Labute approximate surface area is 139 Å². The van der Waals surface area contributed by atoms with Gasteiger partial charge in [-0.2, -0.15) is 0 Å². The summed E-state index contributed by atoms with van der Waals surface area (Å²) in [6.45, 7) is 3.93. The van der Waals surface area contributed by atoms with E-state index in [2.05, 4.69) is 15.3 Å². The first-order valence-electron chi connectivity index (χ1n) is 7.70. The fourth-order valence-corrected chi connectivity index (χ4v) is 2.74. The molecule has 24 heavy (non-hydrogen) atoms. The maximum absolute atomic E-state index is 9.44. The largest absolute Gasteiger partial charge is 0.508 e. The molecule has 0 aliphatic carbocycles. The summed E-state index contributed by atoms with van der Waals surface area (Å²) in [6, 6.07) is 12.8. The minimum atomic E-state index is 0.238. The van der Waals surface area contributed by atoms with E-state index in [9.17, 15) is 5.11 Å². The quantitative estimate of drug-likeness (QED) is 0.427. The van der Waals surface area contributed by atoms with Crippen molar-refractivity contribution in [3.8, 4) is 5.75 Å². The summed E-state index contributed by atoms with van der Waals surface area (Å²) in [4.78, 5) is 13.8. The van der Waals surface area contributed by atoms with Crippen LogP contribution >= 0.6 is 0 Å². The van der Waals surface area contributed by atoms with Gasteiger partial charge < -0.3 is 10.4 Å². The molecule has 2 heterocycles. The maximum Gasteiger partial charge on any atom is 0.115 e. The van der Waals surface area contributed by atoms with Gasteiger partial charge >= 0.3 is 0 Å². The normalized spacial score (nSPS) is 11.1. The number of benzene rings is 2. The molecule has 2 aromatic carbocycles. The SMILES string of the molecule is Cc1nc2ccc3nccc(Nc4ccc(O)cc4)c3c2nc1C. The van der Waals surface area contributed by atoms with Gasteiger partial charge in [0.2, 0.25) is 0 Å². The third-order valence-corrected chi connectivity index (χ3v) is 4.10. The van der Waals surface area contributed by atoms with Gasteiger partial charge in [-0.1, -0.05) is 0 Å². The van der Waals surface area contributed by atoms with Crippen LogP contribution in [-0.2, 0) is 0 Å². The molecule has 0 aliphatic rings. The molecule has 0 saturated heterocycles. The topological polar surface area (TPSA) is 70.9 Å². The molecule has 5 heteroatoms. The summed E-state index contributed by atoms with van der Waals surface area (Å²) in [6.07, 6.45) is 1.77. The van der Waals surface area contributed by atoms with Crippen molar-refractivity contribution in [3.63, 3.8) is 0 Å². The molecule has 0 radical (unpaired) electrons. The minimum Gasteiger partial charge on any atom is -0.508 e. The second kappa shape index (κ2) is 5.45. The summed E-state index contributed by atoms with van der Waals surface area (Å²) in [7, 11) is 0. The molecule has 0 fully saturated rings. The molecular formula is C19H16N4O. The third-order valence-electron chi connectivity index (χ3n) is 4.10. The fraction of sp³-hybridized carbons (Fsp3) is 0.105. The number of nitrogens with one attached hydrogen (secondary N) is 1. The van der Waals surface area contributed by atoms with Crippen LogP contribution in [0.25, 0.3) is 21.9 Å². The number of aromatic nitrogens is 3. The molecule has 0 aliphatic heterocycles. The highest BCUT2D eigenvalue weighted by Gasteiger charge is 2.11. The number of aryl methyl sites for hydroxylation is 2. The molecule has 0 spiro atoms. The molecule has 0 amide bonds. The lowest BCUT2D eigenvalue weighted by molar-refractivity contribution is 0.475. The molecule has 2 N–H and O–H groups in total. The standard InChI is InChI=1S/C19H16N4O/c1-11-12(2)22-19-17(21-11)8-7-15-18(19)16(9-10-20-15)23-13-3-5-14(24)6-4-13/h3-10,24H,1-2H3,(H,20,23). The van der Waals surface area contributed by atoms with Gasteiger partial charge in [-0.05, 0) is 56.3 Å². The Morgan fingerprint density at radius 1 is 0.833 bits per heavy atom. The number of aromatic hydroxyl groups is 1. The van der Waals surface area contributed by atoms with Crippen LogP contribution in [0.5, 0.6) is 5.75 Å². The maximum atomic E-state index is 9.44. The Bertz CT molecular complexity index is 1060. The molecular weight excluding hydrogens is 300 g/mol. The van der Waals surface area contributed by atoms with Crippen molar-refractivity contribution in [1.29, 1.82) is 0 Å². The van der Waals surface area contributed by atoms with E-state index in [1.807, 2.05) is 44.2 Å². The molecule has 0 atom stereocenters. The van der Waals surface area contributed by atoms with Crippen LogP contribution in [0.4, 0.5) is 11.4 Å². The summed E-state index contributed by atoms with van der Waals surface area (Å²) in [5.41, 5.74) is 6.19. The van der Waals surface area contributed by atoms with E-state index in [1.165, 1.54) is 0 Å². The Kier molecular flexibility index (Phi) is 3.27. The van der Waals surface area contributed by atoms with Crippen molar-refractivity contribution in [3.05, 3.63) is 60.0 Å². The lowest BCUT2D eigenvalue weighted by atomic mass is 10.1. The summed E-state index contributed by atoms with van der Waals surface area (Å²) in [5.74, 6) is 0.238. The van der Waals surface area contributed by atoms with Gasteiger partial charge in [-0.3, -0.25) is 4.98 Å². The molecule has 5 nitrogen and oxygen atoms in total. The van der Waals surface area contributed by atoms with Crippen LogP contribution < -0.4 is 5.32 Å². The van der Waals surface area contributed by atoms with Crippen molar-refractivity contribution >= 4 is 33.3 Å².